The predicted octanol–water partition coefficient (Wildman–Crippen LogP) is 4.18. The third kappa shape index (κ3) is 2.83. The Morgan fingerprint density at radius 1 is 1.24 bits per heavy atom. The molecule has 0 fully saturated rings. The number of nitrogens with zero attached hydrogens (tertiary/aromatic N) is 1. The molecule has 0 amide bonds. The third-order valence-electron chi connectivity index (χ3n) is 3.79. The van der Waals surface area contributed by atoms with Gasteiger partial charge in [-0.3, -0.25) is 4.98 Å². The number of anilines is 1. The van der Waals surface area contributed by atoms with E-state index >= 15 is 0 Å². The van der Waals surface area contributed by atoms with Gasteiger partial charge in [0.15, 0.2) is 11.5 Å². The van der Waals surface area contributed by atoms with Crippen LogP contribution in [-0.2, 0) is 0 Å². The van der Waals surface area contributed by atoms with Crippen molar-refractivity contribution in [1.82, 2.24) is 4.98 Å². The van der Waals surface area contributed by atoms with E-state index in [0.29, 0.717) is 0 Å². The average molecular weight is 349 g/mol. The van der Waals surface area contributed by atoms with Crippen molar-refractivity contribution in [3.8, 4) is 11.5 Å². The van der Waals surface area contributed by atoms with Crippen LogP contribution in [0.1, 0.15) is 25.3 Å². The largest absolute Gasteiger partial charge is 0.454 e. The van der Waals surface area contributed by atoms with Gasteiger partial charge in [0.25, 0.3) is 0 Å². The fraction of sp³-hybridized carbons (Fsp3) is 0.312. The van der Waals surface area contributed by atoms with Gasteiger partial charge < -0.3 is 14.8 Å². The maximum Gasteiger partial charge on any atom is 0.231 e. The van der Waals surface area contributed by atoms with Gasteiger partial charge in [-0.2, -0.15) is 0 Å². The second-order valence-electron chi connectivity index (χ2n) is 5.16. The lowest BCUT2D eigenvalue weighted by Gasteiger charge is -2.24. The number of fused-ring (bicyclic) bond motifs is 1. The van der Waals surface area contributed by atoms with Gasteiger partial charge in [-0.05, 0) is 31.2 Å². The Balaban J connectivity index is 1.85. The van der Waals surface area contributed by atoms with Crippen LogP contribution >= 0.6 is 15.9 Å². The summed E-state index contributed by atoms with van der Waals surface area (Å²) >= 11 is 3.63. The number of ether oxygens (including phenoxy) is 2. The number of nitrogens with one attached hydrogen (secondary N) is 1. The van der Waals surface area contributed by atoms with Crippen molar-refractivity contribution in [1.29, 1.82) is 0 Å². The normalized spacial score (nSPS) is 15.6. The molecule has 1 aromatic heterocycles. The molecule has 2 aromatic rings. The molecular weight excluding hydrogens is 332 g/mol. The Morgan fingerprint density at radius 2 is 2.10 bits per heavy atom. The van der Waals surface area contributed by atoms with E-state index in [4.69, 9.17) is 9.47 Å². The van der Waals surface area contributed by atoms with Gasteiger partial charge in [0.05, 0.1) is 5.69 Å². The molecule has 3 rings (SSSR count). The van der Waals surface area contributed by atoms with Crippen molar-refractivity contribution >= 4 is 21.6 Å². The van der Waals surface area contributed by atoms with Gasteiger partial charge >= 0.3 is 0 Å². The molecule has 2 atom stereocenters. The number of aromatic nitrogens is 1. The lowest BCUT2D eigenvalue weighted by molar-refractivity contribution is 0.173. The fourth-order valence-electron chi connectivity index (χ4n) is 2.48. The van der Waals surface area contributed by atoms with Crippen LogP contribution in [0, 0.1) is 0 Å². The monoisotopic (exact) mass is 348 g/mol. The number of benzene rings is 1. The van der Waals surface area contributed by atoms with Crippen LogP contribution < -0.4 is 14.8 Å². The molecule has 2 unspecified atom stereocenters. The van der Waals surface area contributed by atoms with Crippen LogP contribution in [0.2, 0.25) is 0 Å². The predicted molar refractivity (Wildman–Crippen MR) is 86.0 cm³/mol. The lowest BCUT2D eigenvalue weighted by Crippen LogP contribution is -2.23. The Labute approximate surface area is 132 Å². The molecule has 0 radical (unpaired) electrons. The van der Waals surface area contributed by atoms with E-state index in [0.717, 1.165) is 27.2 Å². The molecule has 0 bridgehead atoms. The quantitative estimate of drug-likeness (QED) is 0.900. The topological polar surface area (TPSA) is 43.4 Å². The maximum absolute atomic E-state index is 5.64. The van der Waals surface area contributed by atoms with Crippen LogP contribution in [0.25, 0.3) is 0 Å². The second-order valence-corrected chi connectivity index (χ2v) is 6.01. The van der Waals surface area contributed by atoms with Gasteiger partial charge in [0.1, 0.15) is 0 Å². The van der Waals surface area contributed by atoms with Crippen LogP contribution in [0.15, 0.2) is 41.1 Å². The highest BCUT2D eigenvalue weighted by Crippen LogP contribution is 2.44. The Hall–Kier alpha value is -1.75. The molecule has 5 heteroatoms. The van der Waals surface area contributed by atoms with Gasteiger partial charge in [0, 0.05) is 34.4 Å². The summed E-state index contributed by atoms with van der Waals surface area (Å²) in [6.07, 6.45) is 3.60. The van der Waals surface area contributed by atoms with Gasteiger partial charge in [-0.25, -0.2) is 0 Å². The molecule has 1 aromatic carbocycles. The zero-order valence-corrected chi connectivity index (χ0v) is 13.6. The average Bonchev–Trinajstić information content (AvgIpc) is 2.96. The fourth-order valence-corrected chi connectivity index (χ4v) is 3.15. The molecule has 4 nitrogen and oxygen atoms in total. The zero-order chi connectivity index (χ0) is 14.8. The van der Waals surface area contributed by atoms with Crippen molar-refractivity contribution < 1.29 is 9.47 Å². The first-order valence-corrected chi connectivity index (χ1v) is 7.70. The van der Waals surface area contributed by atoms with Crippen LogP contribution in [0.3, 0.4) is 0 Å². The lowest BCUT2D eigenvalue weighted by atomic mass is 9.93. The molecule has 21 heavy (non-hydrogen) atoms. The molecule has 0 saturated heterocycles. The van der Waals surface area contributed by atoms with E-state index in [1.165, 1.54) is 0 Å². The third-order valence-corrected chi connectivity index (χ3v) is 4.48. The summed E-state index contributed by atoms with van der Waals surface area (Å²) in [4.78, 5) is 4.13. The molecule has 110 valence electrons. The SMILES string of the molecule is CC(Nc1cccnc1)C(C)c1c(Br)ccc2c1OCO2. The molecule has 0 aliphatic carbocycles. The molecule has 1 N–H and O–H groups in total. The minimum atomic E-state index is 0.223. The minimum absolute atomic E-state index is 0.223. The maximum atomic E-state index is 5.64. The number of hydrogen-bond acceptors (Lipinski definition) is 4. The summed E-state index contributed by atoms with van der Waals surface area (Å²) in [6, 6.07) is 8.10. The number of pyridine rings is 1. The highest BCUT2D eigenvalue weighted by molar-refractivity contribution is 9.10. The highest BCUT2D eigenvalue weighted by atomic mass is 79.9. The van der Waals surface area contributed by atoms with Crippen LogP contribution in [0.4, 0.5) is 5.69 Å². The van der Waals surface area contributed by atoms with Crippen molar-refractivity contribution in [2.45, 2.75) is 25.8 Å². The first-order valence-electron chi connectivity index (χ1n) is 6.91. The molecule has 1 aliphatic heterocycles. The van der Waals surface area contributed by atoms with Crippen LogP contribution in [0.5, 0.6) is 11.5 Å². The summed E-state index contributed by atoms with van der Waals surface area (Å²) < 4.78 is 12.1. The van der Waals surface area contributed by atoms with Crippen molar-refractivity contribution in [2.75, 3.05) is 12.1 Å². The van der Waals surface area contributed by atoms with E-state index in [1.54, 1.807) is 6.20 Å². The first kappa shape index (κ1) is 14.2. The van der Waals surface area contributed by atoms with E-state index in [9.17, 15) is 0 Å². The summed E-state index contributed by atoms with van der Waals surface area (Å²) in [5.74, 6) is 1.90. The minimum Gasteiger partial charge on any atom is -0.454 e. The van der Waals surface area contributed by atoms with Gasteiger partial charge in [0.2, 0.25) is 6.79 Å². The molecule has 0 saturated carbocycles. The summed E-state index contributed by atoms with van der Waals surface area (Å²) in [5.41, 5.74) is 2.15. The van der Waals surface area contributed by atoms with E-state index in [2.05, 4.69) is 40.1 Å². The van der Waals surface area contributed by atoms with Gasteiger partial charge in [-0.1, -0.05) is 22.9 Å². The first-order chi connectivity index (χ1) is 10.2. The van der Waals surface area contributed by atoms with E-state index < -0.39 is 0 Å². The smallest absolute Gasteiger partial charge is 0.231 e. The highest BCUT2D eigenvalue weighted by Gasteiger charge is 2.26. The second kappa shape index (κ2) is 5.93. The van der Waals surface area contributed by atoms with Crippen LogP contribution in [-0.4, -0.2) is 17.8 Å². The molecule has 2 heterocycles. The molecular formula is C16H17BrN2O2. The standard InChI is InChI=1S/C16H17BrN2O2/c1-10(11(2)19-12-4-3-7-18-8-12)15-13(17)5-6-14-16(15)21-9-20-14/h3-8,10-11,19H,9H2,1-2H3. The zero-order valence-electron chi connectivity index (χ0n) is 12.0. The Bertz CT molecular complexity index is 634. The molecule has 0 spiro atoms. The van der Waals surface area contributed by atoms with E-state index in [-0.39, 0.29) is 18.8 Å². The Kier molecular flexibility index (Phi) is 4.01. The summed E-state index contributed by atoms with van der Waals surface area (Å²) in [6.45, 7) is 4.62. The molecule has 1 aliphatic rings. The van der Waals surface area contributed by atoms with Crippen molar-refractivity contribution in [3.63, 3.8) is 0 Å². The number of halogens is 1. The Morgan fingerprint density at radius 3 is 2.86 bits per heavy atom. The van der Waals surface area contributed by atoms with Gasteiger partial charge in [-0.15, -0.1) is 0 Å². The number of hydrogen-bond donors (Lipinski definition) is 1. The summed E-state index contributed by atoms with van der Waals surface area (Å²) in [5, 5.41) is 3.48. The summed E-state index contributed by atoms with van der Waals surface area (Å²) in [7, 11) is 0. The number of rotatable bonds is 4. The van der Waals surface area contributed by atoms with E-state index in [1.807, 2.05) is 30.5 Å². The van der Waals surface area contributed by atoms with Crippen molar-refractivity contribution in [3.05, 3.63) is 46.7 Å². The van der Waals surface area contributed by atoms with Crippen molar-refractivity contribution in [2.24, 2.45) is 0 Å².